The van der Waals surface area contributed by atoms with Crippen LogP contribution >= 0.6 is 22.9 Å². The van der Waals surface area contributed by atoms with Crippen molar-refractivity contribution in [3.8, 4) is 0 Å². The molecule has 0 spiro atoms. The van der Waals surface area contributed by atoms with Gasteiger partial charge in [0.2, 0.25) is 0 Å². The third-order valence-corrected chi connectivity index (χ3v) is 2.64. The van der Waals surface area contributed by atoms with Gasteiger partial charge in [-0.1, -0.05) is 11.6 Å². The normalized spacial score (nSPS) is 12.8. The van der Waals surface area contributed by atoms with Crippen molar-refractivity contribution in [1.29, 1.82) is 0 Å². The predicted molar refractivity (Wildman–Crippen MR) is 48.5 cm³/mol. The predicted octanol–water partition coefficient (Wildman–Crippen LogP) is 1.88. The van der Waals surface area contributed by atoms with E-state index in [-0.39, 0.29) is 6.42 Å². The Morgan fingerprint density at radius 3 is 2.92 bits per heavy atom. The van der Waals surface area contributed by atoms with E-state index in [1.54, 1.807) is 11.4 Å². The highest BCUT2D eigenvalue weighted by molar-refractivity contribution is 7.14. The van der Waals surface area contributed by atoms with Crippen LogP contribution in [0.25, 0.3) is 0 Å². The maximum absolute atomic E-state index is 10.3. The lowest BCUT2D eigenvalue weighted by Crippen LogP contribution is -2.14. The van der Waals surface area contributed by atoms with Crippen LogP contribution in [0.2, 0.25) is 4.34 Å². The molecule has 0 radical (unpaired) electrons. The van der Waals surface area contributed by atoms with Crippen LogP contribution in [0, 0.1) is 0 Å². The van der Waals surface area contributed by atoms with E-state index in [9.17, 15) is 4.79 Å². The number of halogens is 1. The van der Waals surface area contributed by atoms with E-state index in [4.69, 9.17) is 22.4 Å². The first kappa shape index (κ1) is 9.51. The number of nitrogens with two attached hydrogens (primary N) is 1. The first-order valence-electron chi connectivity index (χ1n) is 3.31. The molecule has 12 heavy (non-hydrogen) atoms. The number of carbonyl (C=O) groups is 1. The standard InChI is InChI=1S/C7H8ClNO2S/c8-7-4(1-2-12-7)5(9)3-6(10)11/h1-2,5H,3,9H2,(H,10,11)/t5-/m1/s1. The molecule has 0 aromatic carbocycles. The zero-order chi connectivity index (χ0) is 9.14. The highest BCUT2D eigenvalue weighted by Crippen LogP contribution is 2.28. The van der Waals surface area contributed by atoms with Gasteiger partial charge in [0.25, 0.3) is 0 Å². The zero-order valence-corrected chi connectivity index (χ0v) is 7.73. The van der Waals surface area contributed by atoms with Gasteiger partial charge < -0.3 is 10.8 Å². The number of hydrogen-bond acceptors (Lipinski definition) is 3. The molecule has 0 fully saturated rings. The maximum atomic E-state index is 10.3. The number of rotatable bonds is 3. The molecule has 1 aromatic rings. The van der Waals surface area contributed by atoms with Crippen LogP contribution in [0.3, 0.4) is 0 Å². The summed E-state index contributed by atoms with van der Waals surface area (Å²) in [6, 6.07) is 1.25. The number of thiophene rings is 1. The summed E-state index contributed by atoms with van der Waals surface area (Å²) in [6.45, 7) is 0. The largest absolute Gasteiger partial charge is 0.481 e. The van der Waals surface area contributed by atoms with E-state index in [0.717, 1.165) is 0 Å². The highest BCUT2D eigenvalue weighted by Gasteiger charge is 2.14. The van der Waals surface area contributed by atoms with Gasteiger partial charge in [0.15, 0.2) is 0 Å². The topological polar surface area (TPSA) is 63.3 Å². The summed E-state index contributed by atoms with van der Waals surface area (Å²) < 4.78 is 0.573. The van der Waals surface area contributed by atoms with Gasteiger partial charge in [0.05, 0.1) is 10.8 Å². The molecule has 66 valence electrons. The van der Waals surface area contributed by atoms with Crippen LogP contribution in [0.15, 0.2) is 11.4 Å². The van der Waals surface area contributed by atoms with E-state index in [1.807, 2.05) is 0 Å². The molecule has 5 heteroatoms. The molecule has 0 saturated carbocycles. The second-order valence-electron chi connectivity index (χ2n) is 2.35. The molecule has 3 N–H and O–H groups in total. The molecular weight excluding hydrogens is 198 g/mol. The number of carboxylic acids is 1. The molecule has 0 bridgehead atoms. The number of carboxylic acid groups (broad SMARTS) is 1. The lowest BCUT2D eigenvalue weighted by molar-refractivity contribution is -0.137. The van der Waals surface area contributed by atoms with E-state index < -0.39 is 12.0 Å². The van der Waals surface area contributed by atoms with Crippen LogP contribution in [-0.2, 0) is 4.79 Å². The highest BCUT2D eigenvalue weighted by atomic mass is 35.5. The molecule has 1 aromatic heterocycles. The van der Waals surface area contributed by atoms with Gasteiger partial charge in [-0.05, 0) is 17.0 Å². The van der Waals surface area contributed by atoms with Gasteiger partial charge in [0, 0.05) is 6.04 Å². The van der Waals surface area contributed by atoms with Crippen molar-refractivity contribution in [3.63, 3.8) is 0 Å². The van der Waals surface area contributed by atoms with Crippen LogP contribution in [0.1, 0.15) is 18.0 Å². The third-order valence-electron chi connectivity index (χ3n) is 1.44. The number of hydrogen-bond donors (Lipinski definition) is 2. The first-order valence-corrected chi connectivity index (χ1v) is 4.57. The molecule has 0 aliphatic rings. The molecule has 3 nitrogen and oxygen atoms in total. The Hall–Kier alpha value is -0.580. The van der Waals surface area contributed by atoms with Crippen molar-refractivity contribution in [2.75, 3.05) is 0 Å². The third kappa shape index (κ3) is 2.20. The first-order chi connectivity index (χ1) is 5.61. The van der Waals surface area contributed by atoms with Crippen molar-refractivity contribution in [1.82, 2.24) is 0 Å². The van der Waals surface area contributed by atoms with E-state index >= 15 is 0 Å². The molecular formula is C7H8ClNO2S. The van der Waals surface area contributed by atoms with E-state index in [0.29, 0.717) is 9.90 Å². The Bertz CT molecular complexity index is 287. The van der Waals surface area contributed by atoms with Gasteiger partial charge in [0.1, 0.15) is 0 Å². The van der Waals surface area contributed by atoms with Crippen molar-refractivity contribution in [2.24, 2.45) is 5.73 Å². The lowest BCUT2D eigenvalue weighted by Gasteiger charge is -2.06. The summed E-state index contributed by atoms with van der Waals surface area (Å²) in [5, 5.41) is 10.2. The summed E-state index contributed by atoms with van der Waals surface area (Å²) in [5.74, 6) is -0.912. The summed E-state index contributed by atoms with van der Waals surface area (Å²) in [7, 11) is 0. The van der Waals surface area contributed by atoms with Crippen molar-refractivity contribution in [3.05, 3.63) is 21.3 Å². The molecule has 0 amide bonds. The minimum atomic E-state index is -0.912. The average Bonchev–Trinajstić information content (AvgIpc) is 2.33. The fourth-order valence-corrected chi connectivity index (χ4v) is 1.92. The van der Waals surface area contributed by atoms with Crippen LogP contribution < -0.4 is 5.73 Å². The van der Waals surface area contributed by atoms with Gasteiger partial charge in [-0.3, -0.25) is 4.79 Å². The summed E-state index contributed by atoms with van der Waals surface area (Å²) in [5.41, 5.74) is 6.29. The SMILES string of the molecule is N[C@H](CC(=O)O)c1ccsc1Cl. The quantitative estimate of drug-likeness (QED) is 0.792. The monoisotopic (exact) mass is 205 g/mol. The minimum absolute atomic E-state index is 0.0869. The Morgan fingerprint density at radius 2 is 2.50 bits per heavy atom. The smallest absolute Gasteiger partial charge is 0.305 e. The molecule has 1 heterocycles. The van der Waals surface area contributed by atoms with Gasteiger partial charge in [-0.25, -0.2) is 0 Å². The van der Waals surface area contributed by atoms with Crippen LogP contribution in [-0.4, -0.2) is 11.1 Å². The van der Waals surface area contributed by atoms with E-state index in [1.165, 1.54) is 11.3 Å². The number of aliphatic carboxylic acids is 1. The van der Waals surface area contributed by atoms with Gasteiger partial charge >= 0.3 is 5.97 Å². The molecule has 1 rings (SSSR count). The van der Waals surface area contributed by atoms with Crippen molar-refractivity contribution in [2.45, 2.75) is 12.5 Å². The van der Waals surface area contributed by atoms with Gasteiger partial charge in [-0.15, -0.1) is 11.3 Å². The van der Waals surface area contributed by atoms with Crippen molar-refractivity contribution >= 4 is 28.9 Å². The zero-order valence-electron chi connectivity index (χ0n) is 6.16. The lowest BCUT2D eigenvalue weighted by atomic mass is 10.1. The van der Waals surface area contributed by atoms with Crippen molar-refractivity contribution < 1.29 is 9.90 Å². The maximum Gasteiger partial charge on any atom is 0.305 e. The fraction of sp³-hybridized carbons (Fsp3) is 0.286. The molecule has 1 atom stereocenters. The van der Waals surface area contributed by atoms with Crippen LogP contribution in [0.5, 0.6) is 0 Å². The summed E-state index contributed by atoms with van der Waals surface area (Å²) in [4.78, 5) is 10.3. The Balaban J connectivity index is 2.71. The minimum Gasteiger partial charge on any atom is -0.481 e. The fourth-order valence-electron chi connectivity index (χ4n) is 0.868. The van der Waals surface area contributed by atoms with Gasteiger partial charge in [-0.2, -0.15) is 0 Å². The Kier molecular flexibility index (Phi) is 3.08. The Labute approximate surface area is 78.8 Å². The van der Waals surface area contributed by atoms with E-state index in [2.05, 4.69) is 0 Å². The average molecular weight is 206 g/mol. The summed E-state index contributed by atoms with van der Waals surface area (Å²) in [6.07, 6.45) is -0.0869. The summed E-state index contributed by atoms with van der Waals surface area (Å²) >= 11 is 7.12. The second-order valence-corrected chi connectivity index (χ2v) is 3.87. The molecule has 0 saturated heterocycles. The molecule has 0 unspecified atom stereocenters. The molecule has 0 aliphatic heterocycles. The second kappa shape index (κ2) is 3.89. The molecule has 0 aliphatic carbocycles. The van der Waals surface area contributed by atoms with Crippen LogP contribution in [0.4, 0.5) is 0 Å². The Morgan fingerprint density at radius 1 is 1.83 bits per heavy atom.